The Labute approximate surface area is 114 Å². The molecule has 0 bridgehead atoms. The van der Waals surface area contributed by atoms with Crippen LogP contribution >= 0.6 is 11.3 Å². The predicted molar refractivity (Wildman–Crippen MR) is 72.8 cm³/mol. The first-order chi connectivity index (χ1) is 9.16. The molecule has 0 spiro atoms. The third-order valence-corrected chi connectivity index (χ3v) is 4.41. The Hall–Kier alpha value is -1.95. The summed E-state index contributed by atoms with van der Waals surface area (Å²) in [6.45, 7) is 2.95. The molecule has 98 valence electrons. The summed E-state index contributed by atoms with van der Waals surface area (Å²) < 4.78 is 0. The average Bonchev–Trinajstić information content (AvgIpc) is 2.88. The second kappa shape index (κ2) is 4.62. The zero-order valence-corrected chi connectivity index (χ0v) is 11.2. The molecule has 1 aliphatic heterocycles. The summed E-state index contributed by atoms with van der Waals surface area (Å²) in [6.07, 6.45) is 3.87. The van der Waals surface area contributed by atoms with E-state index >= 15 is 0 Å². The highest BCUT2D eigenvalue weighted by molar-refractivity contribution is 7.10. The van der Waals surface area contributed by atoms with E-state index in [1.165, 1.54) is 16.6 Å². The van der Waals surface area contributed by atoms with Crippen molar-refractivity contribution in [3.8, 4) is 0 Å². The minimum absolute atomic E-state index is 0.0131. The number of fused-ring (bicyclic) bond motifs is 1. The van der Waals surface area contributed by atoms with Crippen molar-refractivity contribution in [2.45, 2.75) is 19.4 Å². The van der Waals surface area contributed by atoms with Crippen molar-refractivity contribution in [2.75, 3.05) is 11.4 Å². The first-order valence-corrected chi connectivity index (χ1v) is 6.93. The summed E-state index contributed by atoms with van der Waals surface area (Å²) in [5.74, 6) is -0.417. The van der Waals surface area contributed by atoms with Gasteiger partial charge in [-0.1, -0.05) is 0 Å². The molecule has 1 atom stereocenters. The molecule has 1 unspecified atom stereocenters. The number of thiophene rings is 1. The quantitative estimate of drug-likeness (QED) is 0.911. The molecule has 19 heavy (non-hydrogen) atoms. The SMILES string of the molecule is CC1c2ccsc2CCN1c1cncc(C(=O)O)n1. The lowest BCUT2D eigenvalue weighted by molar-refractivity contribution is 0.0690. The highest BCUT2D eigenvalue weighted by Crippen LogP contribution is 2.34. The molecule has 3 heterocycles. The van der Waals surface area contributed by atoms with Gasteiger partial charge in [0.1, 0.15) is 5.82 Å². The number of carbonyl (C=O) groups is 1. The van der Waals surface area contributed by atoms with Crippen molar-refractivity contribution in [3.63, 3.8) is 0 Å². The fourth-order valence-corrected chi connectivity index (χ4v) is 3.38. The van der Waals surface area contributed by atoms with Gasteiger partial charge in [0.2, 0.25) is 0 Å². The van der Waals surface area contributed by atoms with Crippen LogP contribution in [0.4, 0.5) is 5.82 Å². The first kappa shape index (κ1) is 12.1. The topological polar surface area (TPSA) is 66.3 Å². The van der Waals surface area contributed by atoms with Gasteiger partial charge in [0.05, 0.1) is 18.4 Å². The fourth-order valence-electron chi connectivity index (χ4n) is 2.42. The maximum atomic E-state index is 11.0. The predicted octanol–water partition coefficient (Wildman–Crippen LogP) is 2.36. The van der Waals surface area contributed by atoms with Crippen molar-refractivity contribution in [3.05, 3.63) is 40.0 Å². The van der Waals surface area contributed by atoms with Crippen LogP contribution in [0.2, 0.25) is 0 Å². The number of aromatic nitrogens is 2. The van der Waals surface area contributed by atoms with Crippen LogP contribution in [-0.2, 0) is 6.42 Å². The normalized spacial score (nSPS) is 18.2. The van der Waals surface area contributed by atoms with E-state index in [1.807, 2.05) is 0 Å². The molecule has 0 saturated carbocycles. The molecule has 5 nitrogen and oxygen atoms in total. The Morgan fingerprint density at radius 3 is 3.16 bits per heavy atom. The van der Waals surface area contributed by atoms with Gasteiger partial charge in [0, 0.05) is 11.4 Å². The Morgan fingerprint density at radius 2 is 2.37 bits per heavy atom. The van der Waals surface area contributed by atoms with Gasteiger partial charge in [-0.05, 0) is 30.4 Å². The highest BCUT2D eigenvalue weighted by atomic mass is 32.1. The van der Waals surface area contributed by atoms with Crippen LogP contribution in [0.15, 0.2) is 23.8 Å². The lowest BCUT2D eigenvalue weighted by atomic mass is 10.0. The number of carboxylic acids is 1. The highest BCUT2D eigenvalue weighted by Gasteiger charge is 2.26. The van der Waals surface area contributed by atoms with Crippen LogP contribution in [0, 0.1) is 0 Å². The first-order valence-electron chi connectivity index (χ1n) is 6.05. The zero-order valence-electron chi connectivity index (χ0n) is 10.4. The molecule has 0 fully saturated rings. The van der Waals surface area contributed by atoms with E-state index < -0.39 is 5.97 Å². The zero-order chi connectivity index (χ0) is 13.4. The molecule has 1 aliphatic rings. The molecule has 2 aromatic rings. The van der Waals surface area contributed by atoms with Gasteiger partial charge in [-0.3, -0.25) is 4.98 Å². The number of anilines is 1. The largest absolute Gasteiger partial charge is 0.476 e. The summed E-state index contributed by atoms with van der Waals surface area (Å²) in [4.78, 5) is 22.6. The standard InChI is InChI=1S/C13H13N3O2S/c1-8-9-3-5-19-11(9)2-4-16(8)12-7-14-6-10(15-12)13(17)18/h3,5-8H,2,4H2,1H3,(H,17,18). The molecule has 2 aromatic heterocycles. The smallest absolute Gasteiger partial charge is 0.356 e. The van der Waals surface area contributed by atoms with Gasteiger partial charge in [-0.2, -0.15) is 0 Å². The summed E-state index contributed by atoms with van der Waals surface area (Å²) in [5.41, 5.74) is 1.29. The summed E-state index contributed by atoms with van der Waals surface area (Å²) >= 11 is 1.78. The molecule has 0 saturated heterocycles. The number of rotatable bonds is 2. The molecule has 0 amide bonds. The third-order valence-electron chi connectivity index (χ3n) is 3.41. The maximum absolute atomic E-state index is 11.0. The minimum atomic E-state index is -1.05. The molecule has 0 radical (unpaired) electrons. The Balaban J connectivity index is 1.95. The van der Waals surface area contributed by atoms with Gasteiger partial charge < -0.3 is 10.0 Å². The van der Waals surface area contributed by atoms with E-state index in [0.717, 1.165) is 13.0 Å². The van der Waals surface area contributed by atoms with Crippen LogP contribution in [0.1, 0.15) is 33.9 Å². The van der Waals surface area contributed by atoms with Crippen LogP contribution < -0.4 is 4.90 Å². The van der Waals surface area contributed by atoms with Crippen LogP contribution in [0.25, 0.3) is 0 Å². The van der Waals surface area contributed by atoms with E-state index in [9.17, 15) is 4.79 Å². The van der Waals surface area contributed by atoms with Crippen molar-refractivity contribution >= 4 is 23.1 Å². The van der Waals surface area contributed by atoms with E-state index in [2.05, 4.69) is 33.2 Å². The maximum Gasteiger partial charge on any atom is 0.356 e. The molecular formula is C13H13N3O2S. The molecule has 3 rings (SSSR count). The molecule has 0 aromatic carbocycles. The number of carboxylic acid groups (broad SMARTS) is 1. The lowest BCUT2D eigenvalue weighted by Crippen LogP contribution is -2.34. The second-order valence-corrected chi connectivity index (χ2v) is 5.49. The number of hydrogen-bond donors (Lipinski definition) is 1. The second-order valence-electron chi connectivity index (χ2n) is 4.49. The van der Waals surface area contributed by atoms with Crippen LogP contribution in [-0.4, -0.2) is 27.6 Å². The van der Waals surface area contributed by atoms with E-state index in [0.29, 0.717) is 5.82 Å². The van der Waals surface area contributed by atoms with E-state index in [4.69, 9.17) is 5.11 Å². The van der Waals surface area contributed by atoms with Crippen molar-refractivity contribution in [1.82, 2.24) is 9.97 Å². The number of aromatic carboxylic acids is 1. The van der Waals surface area contributed by atoms with E-state index in [1.54, 1.807) is 17.5 Å². The molecule has 6 heteroatoms. The molecule has 0 aliphatic carbocycles. The number of nitrogens with zero attached hydrogens (tertiary/aromatic N) is 3. The van der Waals surface area contributed by atoms with Gasteiger partial charge >= 0.3 is 5.97 Å². The minimum Gasteiger partial charge on any atom is -0.476 e. The average molecular weight is 275 g/mol. The van der Waals surface area contributed by atoms with Crippen LogP contribution in [0.3, 0.4) is 0 Å². The Kier molecular flexibility index (Phi) is 2.94. The molecular weight excluding hydrogens is 262 g/mol. The third kappa shape index (κ3) is 2.08. The summed E-state index contributed by atoms with van der Waals surface area (Å²) in [7, 11) is 0. The Bertz CT molecular complexity index is 626. The van der Waals surface area contributed by atoms with Gasteiger partial charge in [0.25, 0.3) is 0 Å². The Morgan fingerprint density at radius 1 is 1.53 bits per heavy atom. The van der Waals surface area contributed by atoms with Crippen molar-refractivity contribution in [2.24, 2.45) is 0 Å². The van der Waals surface area contributed by atoms with Crippen molar-refractivity contribution in [1.29, 1.82) is 0 Å². The van der Waals surface area contributed by atoms with Gasteiger partial charge in [0.15, 0.2) is 5.69 Å². The molecule has 1 N–H and O–H groups in total. The van der Waals surface area contributed by atoms with Gasteiger partial charge in [-0.25, -0.2) is 9.78 Å². The summed E-state index contributed by atoms with van der Waals surface area (Å²) in [6, 6.07) is 2.33. The van der Waals surface area contributed by atoms with Crippen molar-refractivity contribution < 1.29 is 9.90 Å². The van der Waals surface area contributed by atoms with Gasteiger partial charge in [-0.15, -0.1) is 11.3 Å². The lowest BCUT2D eigenvalue weighted by Gasteiger charge is -2.34. The van der Waals surface area contributed by atoms with E-state index in [-0.39, 0.29) is 11.7 Å². The fraction of sp³-hybridized carbons (Fsp3) is 0.308. The van der Waals surface area contributed by atoms with Crippen LogP contribution in [0.5, 0.6) is 0 Å². The monoisotopic (exact) mass is 275 g/mol. The number of hydrogen-bond acceptors (Lipinski definition) is 5. The summed E-state index contributed by atoms with van der Waals surface area (Å²) in [5, 5.41) is 11.1.